The molecule has 0 aliphatic carbocycles. The van der Waals surface area contributed by atoms with E-state index in [1.807, 2.05) is 55.5 Å². The molecule has 1 aliphatic rings. The summed E-state index contributed by atoms with van der Waals surface area (Å²) in [6, 6.07) is 15.7. The molecule has 3 N–H and O–H groups in total. The lowest BCUT2D eigenvalue weighted by molar-refractivity contribution is -0.124. The molecule has 1 saturated heterocycles. The number of anilines is 1. The standard InChI is InChI=1S/C23H30N4O3.HI/c1-3-24-23(26-16-18-8-5-10-20(14-18)29-2)25-15-17-7-4-9-19(13-17)27-22(28)21-11-6-12-30-21;/h4-5,7-10,13-14,21H,3,6,11-12,15-16H2,1-2H3,(H,27,28)(H2,24,25,26);1H. The summed E-state index contributed by atoms with van der Waals surface area (Å²) in [5, 5.41) is 9.54. The van der Waals surface area contributed by atoms with Gasteiger partial charge in [0.2, 0.25) is 0 Å². The van der Waals surface area contributed by atoms with Gasteiger partial charge in [-0.05, 0) is 55.2 Å². The van der Waals surface area contributed by atoms with Crippen LogP contribution in [0.25, 0.3) is 0 Å². The van der Waals surface area contributed by atoms with E-state index in [0.29, 0.717) is 19.7 Å². The Hall–Kier alpha value is -2.33. The first-order valence-corrected chi connectivity index (χ1v) is 10.3. The highest BCUT2D eigenvalue weighted by Gasteiger charge is 2.23. The number of nitrogens with zero attached hydrogens (tertiary/aromatic N) is 1. The molecule has 0 spiro atoms. The average Bonchev–Trinajstić information content (AvgIpc) is 3.31. The zero-order chi connectivity index (χ0) is 21.2. The number of guanidine groups is 1. The van der Waals surface area contributed by atoms with Crippen molar-refractivity contribution in [3.8, 4) is 5.75 Å². The summed E-state index contributed by atoms with van der Waals surface area (Å²) < 4.78 is 10.7. The van der Waals surface area contributed by atoms with Crippen LogP contribution in [0.2, 0.25) is 0 Å². The average molecular weight is 538 g/mol. The highest BCUT2D eigenvalue weighted by atomic mass is 127. The summed E-state index contributed by atoms with van der Waals surface area (Å²) >= 11 is 0. The van der Waals surface area contributed by atoms with Gasteiger partial charge in [-0.2, -0.15) is 0 Å². The van der Waals surface area contributed by atoms with E-state index in [1.54, 1.807) is 7.11 Å². The molecule has 168 valence electrons. The zero-order valence-electron chi connectivity index (χ0n) is 18.0. The van der Waals surface area contributed by atoms with Crippen LogP contribution in [-0.2, 0) is 22.6 Å². The van der Waals surface area contributed by atoms with Gasteiger partial charge in [0.15, 0.2) is 5.96 Å². The molecular weight excluding hydrogens is 507 g/mol. The third kappa shape index (κ3) is 8.02. The van der Waals surface area contributed by atoms with Crippen molar-refractivity contribution in [1.82, 2.24) is 10.6 Å². The van der Waals surface area contributed by atoms with Gasteiger partial charge in [0, 0.05) is 25.4 Å². The number of nitrogens with one attached hydrogen (secondary N) is 3. The molecule has 8 heteroatoms. The first-order chi connectivity index (χ1) is 14.7. The monoisotopic (exact) mass is 538 g/mol. The highest BCUT2D eigenvalue weighted by Crippen LogP contribution is 2.17. The predicted molar refractivity (Wildman–Crippen MR) is 134 cm³/mol. The van der Waals surface area contributed by atoms with Crippen molar-refractivity contribution >= 4 is 41.5 Å². The number of hydrogen-bond acceptors (Lipinski definition) is 4. The zero-order valence-corrected chi connectivity index (χ0v) is 20.3. The van der Waals surface area contributed by atoms with Gasteiger partial charge >= 0.3 is 0 Å². The maximum atomic E-state index is 12.3. The smallest absolute Gasteiger partial charge is 0.253 e. The van der Waals surface area contributed by atoms with Crippen molar-refractivity contribution in [3.05, 3.63) is 59.7 Å². The summed E-state index contributed by atoms with van der Waals surface area (Å²) in [4.78, 5) is 16.9. The van der Waals surface area contributed by atoms with E-state index in [1.165, 1.54) is 0 Å². The van der Waals surface area contributed by atoms with Crippen LogP contribution in [0, 0.1) is 0 Å². The van der Waals surface area contributed by atoms with E-state index in [0.717, 1.165) is 47.9 Å². The van der Waals surface area contributed by atoms with Gasteiger partial charge in [-0.15, -0.1) is 24.0 Å². The quantitative estimate of drug-likeness (QED) is 0.272. The van der Waals surface area contributed by atoms with Crippen molar-refractivity contribution in [2.45, 2.75) is 39.0 Å². The molecule has 0 aromatic heterocycles. The third-order valence-corrected chi connectivity index (χ3v) is 4.77. The maximum absolute atomic E-state index is 12.3. The van der Waals surface area contributed by atoms with Gasteiger partial charge in [0.05, 0.1) is 13.7 Å². The fraction of sp³-hybridized carbons (Fsp3) is 0.391. The largest absolute Gasteiger partial charge is 0.497 e. The molecule has 7 nitrogen and oxygen atoms in total. The predicted octanol–water partition coefficient (Wildman–Crippen LogP) is 3.69. The van der Waals surface area contributed by atoms with E-state index in [2.05, 4.69) is 20.9 Å². The van der Waals surface area contributed by atoms with E-state index in [4.69, 9.17) is 9.47 Å². The van der Waals surface area contributed by atoms with Crippen LogP contribution in [0.1, 0.15) is 30.9 Å². The van der Waals surface area contributed by atoms with Crippen molar-refractivity contribution in [1.29, 1.82) is 0 Å². The van der Waals surface area contributed by atoms with Gasteiger partial charge in [-0.3, -0.25) is 4.79 Å². The van der Waals surface area contributed by atoms with Crippen molar-refractivity contribution in [2.75, 3.05) is 25.6 Å². The summed E-state index contributed by atoms with van der Waals surface area (Å²) in [5.41, 5.74) is 2.88. The number of rotatable bonds is 8. The van der Waals surface area contributed by atoms with E-state index < -0.39 is 0 Å². The molecule has 2 aromatic rings. The van der Waals surface area contributed by atoms with Gasteiger partial charge in [-0.25, -0.2) is 4.99 Å². The molecule has 1 heterocycles. The van der Waals surface area contributed by atoms with Crippen LogP contribution >= 0.6 is 24.0 Å². The second-order valence-corrected chi connectivity index (χ2v) is 7.09. The fourth-order valence-corrected chi connectivity index (χ4v) is 3.23. The number of aliphatic imine (C=N–C) groups is 1. The summed E-state index contributed by atoms with van der Waals surface area (Å²) in [7, 11) is 1.66. The van der Waals surface area contributed by atoms with Crippen molar-refractivity contribution in [3.63, 3.8) is 0 Å². The topological polar surface area (TPSA) is 84.0 Å². The maximum Gasteiger partial charge on any atom is 0.253 e. The third-order valence-electron chi connectivity index (χ3n) is 4.77. The molecule has 0 radical (unpaired) electrons. The number of hydrogen-bond donors (Lipinski definition) is 3. The van der Waals surface area contributed by atoms with Crippen LogP contribution in [0.4, 0.5) is 5.69 Å². The molecule has 3 rings (SSSR count). The first kappa shape index (κ1) is 24.9. The number of methoxy groups -OCH3 is 1. The Morgan fingerprint density at radius 1 is 1.16 bits per heavy atom. The van der Waals surface area contributed by atoms with Crippen LogP contribution < -0.4 is 20.7 Å². The Labute approximate surface area is 201 Å². The fourth-order valence-electron chi connectivity index (χ4n) is 3.23. The Morgan fingerprint density at radius 2 is 1.97 bits per heavy atom. The SMILES string of the molecule is CCNC(=NCc1cccc(NC(=O)C2CCCO2)c1)NCc1cccc(OC)c1.I. The Bertz CT molecular complexity index is 869. The number of benzene rings is 2. The van der Waals surface area contributed by atoms with Crippen LogP contribution in [0.5, 0.6) is 5.75 Å². The lowest BCUT2D eigenvalue weighted by atomic mass is 10.2. The second-order valence-electron chi connectivity index (χ2n) is 7.09. The van der Waals surface area contributed by atoms with Gasteiger partial charge < -0.3 is 25.4 Å². The first-order valence-electron chi connectivity index (χ1n) is 10.3. The highest BCUT2D eigenvalue weighted by molar-refractivity contribution is 14.0. The molecule has 0 saturated carbocycles. The number of carbonyl (C=O) groups excluding carboxylic acids is 1. The summed E-state index contributed by atoms with van der Waals surface area (Å²) in [6.07, 6.45) is 1.37. The van der Waals surface area contributed by atoms with Crippen molar-refractivity contribution in [2.24, 2.45) is 4.99 Å². The molecule has 0 bridgehead atoms. The Balaban J connectivity index is 0.00000341. The number of halogens is 1. The number of amides is 1. The Morgan fingerprint density at radius 3 is 2.71 bits per heavy atom. The minimum absolute atomic E-state index is 0. The van der Waals surface area contributed by atoms with Crippen LogP contribution in [0.15, 0.2) is 53.5 Å². The number of ether oxygens (including phenoxy) is 2. The molecular formula is C23H31IN4O3. The van der Waals surface area contributed by atoms with E-state index in [-0.39, 0.29) is 36.0 Å². The van der Waals surface area contributed by atoms with Gasteiger partial charge in [0.1, 0.15) is 11.9 Å². The van der Waals surface area contributed by atoms with Crippen LogP contribution in [-0.4, -0.2) is 38.2 Å². The normalized spacial score (nSPS) is 15.7. The molecule has 1 fully saturated rings. The molecule has 1 atom stereocenters. The molecule has 1 amide bonds. The number of carbonyl (C=O) groups is 1. The van der Waals surface area contributed by atoms with E-state index in [9.17, 15) is 4.79 Å². The van der Waals surface area contributed by atoms with Gasteiger partial charge in [0.25, 0.3) is 5.91 Å². The lowest BCUT2D eigenvalue weighted by Gasteiger charge is -2.13. The molecule has 31 heavy (non-hydrogen) atoms. The van der Waals surface area contributed by atoms with E-state index >= 15 is 0 Å². The minimum atomic E-state index is -0.340. The van der Waals surface area contributed by atoms with Crippen molar-refractivity contribution < 1.29 is 14.3 Å². The minimum Gasteiger partial charge on any atom is -0.497 e. The molecule has 2 aromatic carbocycles. The summed E-state index contributed by atoms with van der Waals surface area (Å²) in [5.74, 6) is 1.48. The summed E-state index contributed by atoms with van der Waals surface area (Å²) in [6.45, 7) is 4.59. The van der Waals surface area contributed by atoms with Crippen LogP contribution in [0.3, 0.4) is 0 Å². The molecule has 1 unspecified atom stereocenters. The lowest BCUT2D eigenvalue weighted by Crippen LogP contribution is -2.36. The van der Waals surface area contributed by atoms with Gasteiger partial charge in [-0.1, -0.05) is 24.3 Å². The second kappa shape index (κ2) is 13.2. The molecule has 1 aliphatic heterocycles. The Kier molecular flexibility index (Phi) is 10.6.